The SMILES string of the molecule is C=C1/C(=C\C=C2/CCCC3(C)C([C@@H](C)CCCC(O)(C(F)(F)F)C(F)(F)F)CC[C@@H]23)C[C@@H](O)C[C@@H]1O. The topological polar surface area (TPSA) is 60.7 Å². The molecule has 3 N–H and O–H groups in total. The number of alkyl halides is 6. The van der Waals surface area contributed by atoms with Crippen LogP contribution in [0.25, 0.3) is 0 Å². The highest BCUT2D eigenvalue weighted by atomic mass is 19.4. The summed E-state index contributed by atoms with van der Waals surface area (Å²) >= 11 is 0. The fourth-order valence-corrected chi connectivity index (χ4v) is 7.00. The van der Waals surface area contributed by atoms with E-state index in [-0.39, 0.29) is 42.4 Å². The van der Waals surface area contributed by atoms with Gasteiger partial charge in [-0.2, -0.15) is 26.3 Å². The van der Waals surface area contributed by atoms with Gasteiger partial charge >= 0.3 is 12.4 Å². The number of halogens is 6. The van der Waals surface area contributed by atoms with Gasteiger partial charge in [0.25, 0.3) is 5.60 Å². The highest BCUT2D eigenvalue weighted by molar-refractivity contribution is 5.38. The third kappa shape index (κ3) is 5.58. The van der Waals surface area contributed by atoms with E-state index in [1.165, 1.54) is 5.57 Å². The first kappa shape index (κ1) is 29.2. The molecule has 3 aliphatic rings. The van der Waals surface area contributed by atoms with Crippen molar-refractivity contribution < 1.29 is 41.7 Å². The largest absolute Gasteiger partial charge is 0.426 e. The minimum Gasteiger partial charge on any atom is -0.393 e. The number of hydrogen-bond acceptors (Lipinski definition) is 3. The molecule has 6 atom stereocenters. The summed E-state index contributed by atoms with van der Waals surface area (Å²) in [5.41, 5.74) is -2.08. The third-order valence-electron chi connectivity index (χ3n) is 9.12. The minimum atomic E-state index is -5.77. The molecule has 36 heavy (non-hydrogen) atoms. The van der Waals surface area contributed by atoms with Gasteiger partial charge < -0.3 is 15.3 Å². The molecule has 0 aromatic rings. The van der Waals surface area contributed by atoms with Gasteiger partial charge in [-0.05, 0) is 85.7 Å². The van der Waals surface area contributed by atoms with Crippen molar-refractivity contribution in [3.8, 4) is 0 Å². The molecule has 2 unspecified atom stereocenters. The van der Waals surface area contributed by atoms with Crippen molar-refractivity contribution in [3.63, 3.8) is 0 Å². The predicted molar refractivity (Wildman–Crippen MR) is 125 cm³/mol. The maximum absolute atomic E-state index is 13.0. The molecule has 3 nitrogen and oxygen atoms in total. The first-order valence-corrected chi connectivity index (χ1v) is 12.8. The van der Waals surface area contributed by atoms with E-state index < -0.39 is 36.6 Å². The van der Waals surface area contributed by atoms with Crippen LogP contribution in [0, 0.1) is 23.2 Å². The number of aliphatic hydroxyl groups is 3. The summed E-state index contributed by atoms with van der Waals surface area (Å²) in [4.78, 5) is 0. The van der Waals surface area contributed by atoms with Gasteiger partial charge in [0.15, 0.2) is 0 Å². The fourth-order valence-electron chi connectivity index (χ4n) is 7.00. The first-order valence-electron chi connectivity index (χ1n) is 12.8. The van der Waals surface area contributed by atoms with E-state index in [1.54, 1.807) is 0 Å². The van der Waals surface area contributed by atoms with Crippen LogP contribution in [0.4, 0.5) is 26.3 Å². The monoisotopic (exact) mass is 524 g/mol. The number of aliphatic hydroxyl groups excluding tert-OH is 2. The summed E-state index contributed by atoms with van der Waals surface area (Å²) in [5.74, 6) is 0.355. The van der Waals surface area contributed by atoms with Crippen LogP contribution in [0.1, 0.15) is 78.1 Å². The molecule has 3 rings (SSSR count). The lowest BCUT2D eigenvalue weighted by Gasteiger charge is -2.44. The van der Waals surface area contributed by atoms with E-state index in [9.17, 15) is 41.7 Å². The van der Waals surface area contributed by atoms with Crippen molar-refractivity contribution >= 4 is 0 Å². The van der Waals surface area contributed by atoms with Crippen molar-refractivity contribution in [2.75, 3.05) is 0 Å². The molecule has 0 bridgehead atoms. The van der Waals surface area contributed by atoms with Crippen molar-refractivity contribution in [1.29, 1.82) is 0 Å². The molecule has 0 aromatic carbocycles. The van der Waals surface area contributed by atoms with Gasteiger partial charge in [-0.3, -0.25) is 0 Å². The van der Waals surface area contributed by atoms with Gasteiger partial charge in [0.05, 0.1) is 12.2 Å². The fraction of sp³-hybridized carbons (Fsp3) is 0.778. The average Bonchev–Trinajstić information content (AvgIpc) is 3.11. The number of rotatable bonds is 6. The van der Waals surface area contributed by atoms with Crippen LogP contribution in [-0.4, -0.2) is 45.5 Å². The second kappa shape index (κ2) is 10.4. The van der Waals surface area contributed by atoms with E-state index in [1.807, 2.05) is 13.0 Å². The number of allylic oxidation sites excluding steroid dienone is 3. The Hall–Kier alpha value is -1.32. The molecule has 0 saturated heterocycles. The Morgan fingerprint density at radius 1 is 1.08 bits per heavy atom. The summed E-state index contributed by atoms with van der Waals surface area (Å²) < 4.78 is 78.1. The van der Waals surface area contributed by atoms with Crippen LogP contribution in [0.3, 0.4) is 0 Å². The van der Waals surface area contributed by atoms with Crippen LogP contribution >= 0.6 is 0 Å². The normalized spacial score (nSPS) is 35.4. The van der Waals surface area contributed by atoms with Crippen LogP contribution in [0.2, 0.25) is 0 Å². The number of hydrogen-bond donors (Lipinski definition) is 3. The molecular weight excluding hydrogens is 486 g/mol. The lowest BCUT2D eigenvalue weighted by molar-refractivity contribution is -0.370. The Balaban J connectivity index is 1.69. The van der Waals surface area contributed by atoms with Crippen molar-refractivity contribution in [2.45, 2.75) is 108 Å². The van der Waals surface area contributed by atoms with Gasteiger partial charge in [-0.1, -0.05) is 44.6 Å². The van der Waals surface area contributed by atoms with Crippen LogP contribution in [-0.2, 0) is 0 Å². The first-order chi connectivity index (χ1) is 16.5. The molecule has 0 heterocycles. The average molecular weight is 525 g/mol. The van der Waals surface area contributed by atoms with Gasteiger partial charge in [-0.25, -0.2) is 0 Å². The quantitative estimate of drug-likeness (QED) is 0.336. The van der Waals surface area contributed by atoms with E-state index in [0.717, 1.165) is 37.7 Å². The van der Waals surface area contributed by atoms with Crippen molar-refractivity contribution in [1.82, 2.24) is 0 Å². The van der Waals surface area contributed by atoms with Gasteiger partial charge in [0, 0.05) is 6.42 Å². The van der Waals surface area contributed by atoms with Crippen LogP contribution in [0.15, 0.2) is 35.5 Å². The molecule has 0 spiro atoms. The Labute approximate surface area is 209 Å². The summed E-state index contributed by atoms with van der Waals surface area (Å²) in [7, 11) is 0. The van der Waals surface area contributed by atoms with Gasteiger partial charge in [0.1, 0.15) is 0 Å². The van der Waals surface area contributed by atoms with E-state index in [2.05, 4.69) is 19.6 Å². The summed E-state index contributed by atoms with van der Waals surface area (Å²) in [6.45, 7) is 8.03. The summed E-state index contributed by atoms with van der Waals surface area (Å²) in [6.07, 6.45) is -5.24. The van der Waals surface area contributed by atoms with Crippen LogP contribution in [0.5, 0.6) is 0 Å². The van der Waals surface area contributed by atoms with E-state index in [0.29, 0.717) is 12.0 Å². The summed E-state index contributed by atoms with van der Waals surface area (Å²) in [5, 5.41) is 29.5. The molecule has 0 aromatic heterocycles. The Bertz CT molecular complexity index is 860. The lowest BCUT2D eigenvalue weighted by atomic mass is 9.60. The molecule has 3 saturated carbocycles. The lowest BCUT2D eigenvalue weighted by Crippen LogP contribution is -2.56. The predicted octanol–water partition coefficient (Wildman–Crippen LogP) is 6.79. The molecule has 0 amide bonds. The van der Waals surface area contributed by atoms with Crippen molar-refractivity contribution in [3.05, 3.63) is 35.5 Å². The van der Waals surface area contributed by atoms with Crippen LogP contribution < -0.4 is 0 Å². The molecule has 9 heteroatoms. The molecule has 3 aliphatic carbocycles. The second-order valence-corrected chi connectivity index (χ2v) is 11.4. The van der Waals surface area contributed by atoms with E-state index in [4.69, 9.17) is 0 Å². The maximum atomic E-state index is 13.0. The van der Waals surface area contributed by atoms with Crippen molar-refractivity contribution in [2.24, 2.45) is 23.2 Å². The zero-order valence-electron chi connectivity index (χ0n) is 20.9. The minimum absolute atomic E-state index is 0.0770. The van der Waals surface area contributed by atoms with Gasteiger partial charge in [-0.15, -0.1) is 0 Å². The molecule has 0 radical (unpaired) electrons. The smallest absolute Gasteiger partial charge is 0.393 e. The maximum Gasteiger partial charge on any atom is 0.426 e. The Morgan fingerprint density at radius 3 is 2.33 bits per heavy atom. The number of fused-ring (bicyclic) bond motifs is 1. The molecular formula is C27H38F6O3. The Morgan fingerprint density at radius 2 is 1.72 bits per heavy atom. The highest BCUT2D eigenvalue weighted by Crippen LogP contribution is 2.60. The standard InChI is InChI=1S/C27H38F6O3/c1-16(6-4-13-25(36,26(28,29)30)27(31,32)33)21-10-11-22-18(7-5-12-24(21,22)3)8-9-19-14-20(34)15-23(35)17(19)2/h8-9,16,20-23,34-36H,2,4-7,10-15H2,1,3H3/b18-8+,19-9-/t16-,20+,21?,22-,23-,24?/m0/s1. The molecule has 0 aliphatic heterocycles. The Kier molecular flexibility index (Phi) is 8.48. The third-order valence-corrected chi connectivity index (χ3v) is 9.12. The second-order valence-electron chi connectivity index (χ2n) is 11.4. The zero-order chi connectivity index (χ0) is 27.1. The molecule has 3 fully saturated rings. The highest BCUT2D eigenvalue weighted by Gasteiger charge is 2.69. The van der Waals surface area contributed by atoms with E-state index >= 15 is 0 Å². The summed E-state index contributed by atoms with van der Waals surface area (Å²) in [6, 6.07) is 0. The van der Waals surface area contributed by atoms with Gasteiger partial charge in [0.2, 0.25) is 0 Å². The zero-order valence-corrected chi connectivity index (χ0v) is 20.9. The molecule has 206 valence electrons.